The Morgan fingerprint density at radius 3 is 2.67 bits per heavy atom. The summed E-state index contributed by atoms with van der Waals surface area (Å²) in [6.07, 6.45) is 3.00. The first-order valence-corrected chi connectivity index (χ1v) is 5.40. The zero-order chi connectivity index (χ0) is 11.4. The molecule has 1 heterocycles. The van der Waals surface area contributed by atoms with Crippen LogP contribution in [-0.2, 0) is 4.79 Å². The maximum absolute atomic E-state index is 12.0. The highest BCUT2D eigenvalue weighted by molar-refractivity contribution is 5.81. The van der Waals surface area contributed by atoms with E-state index in [1.807, 2.05) is 13.8 Å². The summed E-state index contributed by atoms with van der Waals surface area (Å²) >= 11 is 0. The van der Waals surface area contributed by atoms with Crippen molar-refractivity contribution in [1.29, 1.82) is 5.26 Å². The van der Waals surface area contributed by atoms with Crippen molar-refractivity contribution in [3.05, 3.63) is 11.6 Å². The van der Waals surface area contributed by atoms with Crippen molar-refractivity contribution >= 4 is 5.91 Å². The van der Waals surface area contributed by atoms with Gasteiger partial charge in [0.25, 0.3) is 0 Å². The Labute approximate surface area is 91.4 Å². The van der Waals surface area contributed by atoms with Crippen molar-refractivity contribution in [3.63, 3.8) is 0 Å². The number of nitrogens with zero attached hydrogens (tertiary/aromatic N) is 2. The minimum absolute atomic E-state index is 0.0174. The number of hydrogen-bond donors (Lipinski definition) is 0. The van der Waals surface area contributed by atoms with E-state index in [1.165, 1.54) is 5.57 Å². The number of hydrogen-bond acceptors (Lipinski definition) is 2. The molecule has 15 heavy (non-hydrogen) atoms. The van der Waals surface area contributed by atoms with Gasteiger partial charge < -0.3 is 4.90 Å². The number of nitriles is 1. The lowest BCUT2D eigenvalue weighted by atomic mass is 9.95. The molecule has 0 aromatic carbocycles. The van der Waals surface area contributed by atoms with Crippen LogP contribution in [0, 0.1) is 23.2 Å². The molecule has 1 aliphatic rings. The van der Waals surface area contributed by atoms with E-state index in [2.05, 4.69) is 19.1 Å². The molecular formula is C12H18N2O. The molecular weight excluding hydrogens is 188 g/mol. The second kappa shape index (κ2) is 4.97. The average Bonchev–Trinajstić information content (AvgIpc) is 2.19. The van der Waals surface area contributed by atoms with Gasteiger partial charge >= 0.3 is 0 Å². The Morgan fingerprint density at radius 1 is 1.60 bits per heavy atom. The van der Waals surface area contributed by atoms with Crippen LogP contribution in [0.4, 0.5) is 0 Å². The van der Waals surface area contributed by atoms with Crippen LogP contribution in [0.1, 0.15) is 27.2 Å². The lowest BCUT2D eigenvalue weighted by Crippen LogP contribution is -2.40. The highest BCUT2D eigenvalue weighted by atomic mass is 16.2. The van der Waals surface area contributed by atoms with Gasteiger partial charge in [0, 0.05) is 13.1 Å². The van der Waals surface area contributed by atoms with Gasteiger partial charge in [0.1, 0.15) is 5.92 Å². The van der Waals surface area contributed by atoms with Gasteiger partial charge in [0.15, 0.2) is 0 Å². The topological polar surface area (TPSA) is 44.1 Å². The maximum Gasteiger partial charge on any atom is 0.240 e. The molecule has 0 radical (unpaired) electrons. The van der Waals surface area contributed by atoms with Gasteiger partial charge in [-0.15, -0.1) is 0 Å². The minimum Gasteiger partial charge on any atom is -0.338 e. The highest BCUT2D eigenvalue weighted by Crippen LogP contribution is 2.17. The molecule has 1 atom stereocenters. The van der Waals surface area contributed by atoms with Gasteiger partial charge in [-0.3, -0.25) is 4.79 Å². The van der Waals surface area contributed by atoms with E-state index in [9.17, 15) is 4.79 Å². The first-order valence-electron chi connectivity index (χ1n) is 5.40. The molecule has 0 aromatic heterocycles. The molecule has 82 valence electrons. The summed E-state index contributed by atoms with van der Waals surface area (Å²) in [6, 6.07) is 2.10. The Morgan fingerprint density at radius 2 is 2.27 bits per heavy atom. The van der Waals surface area contributed by atoms with Crippen molar-refractivity contribution in [1.82, 2.24) is 4.90 Å². The molecule has 1 aliphatic heterocycles. The van der Waals surface area contributed by atoms with Crippen LogP contribution in [0.3, 0.4) is 0 Å². The van der Waals surface area contributed by atoms with Gasteiger partial charge in [-0.1, -0.05) is 25.5 Å². The summed E-state index contributed by atoms with van der Waals surface area (Å²) in [5.41, 5.74) is 1.33. The molecule has 1 unspecified atom stereocenters. The lowest BCUT2D eigenvalue weighted by molar-refractivity contribution is -0.134. The fraction of sp³-hybridized carbons (Fsp3) is 0.667. The lowest BCUT2D eigenvalue weighted by Gasteiger charge is -2.28. The Hall–Kier alpha value is -1.30. The maximum atomic E-state index is 12.0. The van der Waals surface area contributed by atoms with E-state index in [1.54, 1.807) is 4.90 Å². The molecule has 1 amide bonds. The molecule has 0 saturated heterocycles. The van der Waals surface area contributed by atoms with E-state index in [-0.39, 0.29) is 11.8 Å². The summed E-state index contributed by atoms with van der Waals surface area (Å²) in [5.74, 6) is -0.414. The van der Waals surface area contributed by atoms with Crippen LogP contribution >= 0.6 is 0 Å². The quantitative estimate of drug-likeness (QED) is 0.648. The third-order valence-corrected chi connectivity index (χ3v) is 2.82. The van der Waals surface area contributed by atoms with Crippen molar-refractivity contribution in [2.75, 3.05) is 13.1 Å². The van der Waals surface area contributed by atoms with E-state index in [4.69, 9.17) is 5.26 Å². The van der Waals surface area contributed by atoms with E-state index in [0.717, 1.165) is 13.0 Å². The molecule has 1 rings (SSSR count). The first kappa shape index (κ1) is 11.8. The Bertz CT molecular complexity index is 312. The molecule has 3 heteroatoms. The number of carbonyl (C=O) groups is 1. The van der Waals surface area contributed by atoms with Crippen molar-refractivity contribution in [2.24, 2.45) is 11.8 Å². The van der Waals surface area contributed by atoms with E-state index < -0.39 is 5.92 Å². The summed E-state index contributed by atoms with van der Waals surface area (Å²) < 4.78 is 0. The number of amides is 1. The van der Waals surface area contributed by atoms with E-state index in [0.29, 0.717) is 6.54 Å². The standard InChI is InChI=1S/C12H18N2O/c1-9(2)11(8-13)12(15)14-6-4-10(3)5-7-14/h4,9,11H,5-7H2,1-3H3. The Balaban J connectivity index is 2.66. The number of rotatable bonds is 2. The zero-order valence-electron chi connectivity index (χ0n) is 9.66. The second-order valence-electron chi connectivity index (χ2n) is 4.44. The van der Waals surface area contributed by atoms with Crippen LogP contribution in [0.5, 0.6) is 0 Å². The molecule has 0 spiro atoms. The monoisotopic (exact) mass is 206 g/mol. The first-order chi connectivity index (χ1) is 7.06. The van der Waals surface area contributed by atoms with Crippen LogP contribution < -0.4 is 0 Å². The van der Waals surface area contributed by atoms with E-state index >= 15 is 0 Å². The molecule has 0 N–H and O–H groups in total. The average molecular weight is 206 g/mol. The normalized spacial score (nSPS) is 18.3. The van der Waals surface area contributed by atoms with Gasteiger partial charge in [0.05, 0.1) is 6.07 Å². The van der Waals surface area contributed by atoms with Gasteiger partial charge in [-0.05, 0) is 19.3 Å². The summed E-state index contributed by atoms with van der Waals surface area (Å²) in [6.45, 7) is 7.32. The largest absolute Gasteiger partial charge is 0.338 e. The van der Waals surface area contributed by atoms with Crippen LogP contribution in [0.25, 0.3) is 0 Å². The van der Waals surface area contributed by atoms with Gasteiger partial charge in [0.2, 0.25) is 5.91 Å². The van der Waals surface area contributed by atoms with Gasteiger partial charge in [-0.25, -0.2) is 0 Å². The predicted octanol–water partition coefficient (Wildman–Crippen LogP) is 1.96. The summed E-state index contributed by atoms with van der Waals surface area (Å²) in [4.78, 5) is 13.7. The molecule has 0 aliphatic carbocycles. The number of carbonyl (C=O) groups excluding carboxylic acids is 1. The van der Waals surface area contributed by atoms with Crippen LogP contribution in [-0.4, -0.2) is 23.9 Å². The van der Waals surface area contributed by atoms with Gasteiger partial charge in [-0.2, -0.15) is 5.26 Å². The van der Waals surface area contributed by atoms with Crippen LogP contribution in [0.15, 0.2) is 11.6 Å². The molecule has 3 nitrogen and oxygen atoms in total. The second-order valence-corrected chi connectivity index (χ2v) is 4.44. The molecule has 0 fully saturated rings. The third-order valence-electron chi connectivity index (χ3n) is 2.82. The molecule has 0 aromatic rings. The third kappa shape index (κ3) is 2.82. The molecule has 0 bridgehead atoms. The SMILES string of the molecule is CC1=CCN(C(=O)C(C#N)C(C)C)CC1. The fourth-order valence-corrected chi connectivity index (χ4v) is 1.66. The summed E-state index contributed by atoms with van der Waals surface area (Å²) in [7, 11) is 0. The van der Waals surface area contributed by atoms with Crippen molar-refractivity contribution < 1.29 is 4.79 Å². The predicted molar refractivity (Wildman–Crippen MR) is 58.9 cm³/mol. The smallest absolute Gasteiger partial charge is 0.240 e. The molecule has 0 saturated carbocycles. The Kier molecular flexibility index (Phi) is 3.90. The fourth-order valence-electron chi connectivity index (χ4n) is 1.66. The zero-order valence-corrected chi connectivity index (χ0v) is 9.66. The minimum atomic E-state index is -0.489. The van der Waals surface area contributed by atoms with Crippen molar-refractivity contribution in [3.8, 4) is 6.07 Å². The summed E-state index contributed by atoms with van der Waals surface area (Å²) in [5, 5.41) is 8.94. The highest BCUT2D eigenvalue weighted by Gasteiger charge is 2.27. The van der Waals surface area contributed by atoms with Crippen molar-refractivity contribution in [2.45, 2.75) is 27.2 Å². The van der Waals surface area contributed by atoms with Crippen LogP contribution in [0.2, 0.25) is 0 Å².